The molecule has 0 amide bonds. The van der Waals surface area contributed by atoms with Gasteiger partial charge in [0.05, 0.1) is 28.3 Å². The summed E-state index contributed by atoms with van der Waals surface area (Å²) in [5, 5.41) is 1.08. The predicted molar refractivity (Wildman–Crippen MR) is 89.7 cm³/mol. The summed E-state index contributed by atoms with van der Waals surface area (Å²) >= 11 is 5.56. The van der Waals surface area contributed by atoms with E-state index >= 15 is 0 Å². The van der Waals surface area contributed by atoms with Gasteiger partial charge in [-0.2, -0.15) is 0 Å². The van der Waals surface area contributed by atoms with Crippen LogP contribution in [0.25, 0.3) is 10.9 Å². The van der Waals surface area contributed by atoms with Gasteiger partial charge in [-0.05, 0) is 25.0 Å². The van der Waals surface area contributed by atoms with Crippen LogP contribution >= 0.6 is 12.2 Å². The van der Waals surface area contributed by atoms with Gasteiger partial charge in [0.1, 0.15) is 5.78 Å². The third-order valence-corrected chi connectivity index (χ3v) is 4.71. The molecule has 1 heterocycles. The number of benzene rings is 1. The number of Topliss-reactive ketones (excluding diaryl/α,β-unsaturated/α-hetero) is 1. The van der Waals surface area contributed by atoms with Crippen molar-refractivity contribution < 1.29 is 4.79 Å². The van der Waals surface area contributed by atoms with Gasteiger partial charge in [-0.15, -0.1) is 0 Å². The third kappa shape index (κ3) is 2.81. The highest BCUT2D eigenvalue weighted by Gasteiger charge is 2.28. The molecule has 0 saturated heterocycles. The molecule has 1 fully saturated rings. The second kappa shape index (κ2) is 5.90. The van der Waals surface area contributed by atoms with E-state index < -0.39 is 0 Å². The first-order valence-electron chi connectivity index (χ1n) is 7.32. The monoisotopic (exact) mass is 298 g/mol. The van der Waals surface area contributed by atoms with Gasteiger partial charge in [-0.25, -0.2) is 0 Å². The van der Waals surface area contributed by atoms with E-state index in [9.17, 15) is 4.79 Å². The van der Waals surface area contributed by atoms with Crippen LogP contribution in [0.2, 0.25) is 0 Å². The molecule has 108 valence electrons. The lowest BCUT2D eigenvalue weighted by molar-refractivity contribution is -0.122. The van der Waals surface area contributed by atoms with Crippen LogP contribution in [-0.2, 0) is 4.79 Å². The van der Waals surface area contributed by atoms with Gasteiger partial charge in [0.25, 0.3) is 0 Å². The number of para-hydroxylation sites is 1. The summed E-state index contributed by atoms with van der Waals surface area (Å²) in [6, 6.07) is 10.1. The molecule has 1 aliphatic carbocycles. The molecule has 1 aromatic heterocycles. The van der Waals surface area contributed by atoms with Crippen molar-refractivity contribution >= 4 is 39.6 Å². The van der Waals surface area contributed by atoms with Crippen molar-refractivity contribution in [2.45, 2.75) is 25.7 Å². The number of aromatic nitrogens is 1. The van der Waals surface area contributed by atoms with E-state index in [1.54, 1.807) is 0 Å². The van der Waals surface area contributed by atoms with E-state index in [1.165, 1.54) is 0 Å². The first kappa shape index (κ1) is 14.1. The number of rotatable bonds is 2. The second-order valence-electron chi connectivity index (χ2n) is 5.55. The number of thiocarbonyl (C=S) groups is 1. The third-order valence-electron chi connectivity index (χ3n) is 4.15. The Bertz CT molecular complexity index is 698. The molecule has 1 atom stereocenters. The van der Waals surface area contributed by atoms with E-state index in [2.05, 4.69) is 11.1 Å². The summed E-state index contributed by atoms with van der Waals surface area (Å²) in [5.74, 6) is 0.178. The topological polar surface area (TPSA) is 33.2 Å². The summed E-state index contributed by atoms with van der Waals surface area (Å²) < 4.78 is 0. The lowest BCUT2D eigenvalue weighted by Gasteiger charge is -2.28. The second-order valence-corrected chi connectivity index (χ2v) is 5.97. The van der Waals surface area contributed by atoms with Crippen LogP contribution in [0.15, 0.2) is 36.5 Å². The van der Waals surface area contributed by atoms with Crippen LogP contribution in [0.4, 0.5) is 5.69 Å². The summed E-state index contributed by atoms with van der Waals surface area (Å²) in [5.41, 5.74) is 1.91. The van der Waals surface area contributed by atoms with Gasteiger partial charge in [-0.1, -0.05) is 36.8 Å². The van der Waals surface area contributed by atoms with Crippen molar-refractivity contribution in [3.63, 3.8) is 0 Å². The van der Waals surface area contributed by atoms with E-state index in [1.807, 2.05) is 42.4 Å². The number of hydrogen-bond acceptors (Lipinski definition) is 3. The zero-order valence-electron chi connectivity index (χ0n) is 12.1. The van der Waals surface area contributed by atoms with Crippen molar-refractivity contribution in [1.29, 1.82) is 0 Å². The molecular formula is C17H18N2OS. The molecule has 2 aromatic rings. The van der Waals surface area contributed by atoms with E-state index in [4.69, 9.17) is 12.2 Å². The number of carbonyl (C=O) groups excluding carboxylic acids is 1. The molecule has 21 heavy (non-hydrogen) atoms. The molecule has 3 nitrogen and oxygen atoms in total. The average Bonchev–Trinajstić information content (AvgIpc) is 2.53. The average molecular weight is 298 g/mol. The van der Waals surface area contributed by atoms with Gasteiger partial charge in [0.15, 0.2) is 0 Å². The molecule has 1 aliphatic rings. The SMILES string of the molecule is CN(C(=S)C1CCCCC1=O)c1cnc2ccccc2c1. The number of ketones is 1. The quantitative estimate of drug-likeness (QED) is 0.790. The van der Waals surface area contributed by atoms with Gasteiger partial charge in [0.2, 0.25) is 0 Å². The molecule has 0 N–H and O–H groups in total. The summed E-state index contributed by atoms with van der Waals surface area (Å²) in [4.78, 5) is 19.2. The molecule has 4 heteroatoms. The fourth-order valence-corrected chi connectivity index (χ4v) is 3.20. The van der Waals surface area contributed by atoms with Gasteiger partial charge in [0, 0.05) is 18.9 Å². The predicted octanol–water partition coefficient (Wildman–Crippen LogP) is 3.76. The number of fused-ring (bicyclic) bond motifs is 1. The minimum Gasteiger partial charge on any atom is -0.337 e. The maximum Gasteiger partial charge on any atom is 0.142 e. The number of anilines is 1. The Morgan fingerprint density at radius 1 is 1.33 bits per heavy atom. The zero-order chi connectivity index (χ0) is 14.8. The molecular weight excluding hydrogens is 280 g/mol. The molecule has 0 radical (unpaired) electrons. The van der Waals surface area contributed by atoms with E-state index in [0.717, 1.165) is 40.8 Å². The Labute approximate surface area is 130 Å². The lowest BCUT2D eigenvalue weighted by atomic mass is 9.87. The summed E-state index contributed by atoms with van der Waals surface area (Å²) in [7, 11) is 1.93. The van der Waals surface area contributed by atoms with Crippen molar-refractivity contribution in [2.24, 2.45) is 5.92 Å². The number of pyridine rings is 1. The maximum atomic E-state index is 12.1. The van der Waals surface area contributed by atoms with Crippen molar-refractivity contribution in [3.05, 3.63) is 36.5 Å². The van der Waals surface area contributed by atoms with Crippen LogP contribution in [0.3, 0.4) is 0 Å². The van der Waals surface area contributed by atoms with Crippen LogP contribution in [0, 0.1) is 5.92 Å². The first-order chi connectivity index (χ1) is 10.2. The Hall–Kier alpha value is -1.81. The van der Waals surface area contributed by atoms with Crippen molar-refractivity contribution in [3.8, 4) is 0 Å². The Morgan fingerprint density at radius 3 is 2.95 bits per heavy atom. The standard InChI is InChI=1S/C17H18N2OS/c1-19(17(21)14-7-3-5-9-16(14)20)13-10-12-6-2-4-8-15(12)18-11-13/h2,4,6,8,10-11,14H,3,5,7,9H2,1H3. The first-order valence-corrected chi connectivity index (χ1v) is 7.73. The maximum absolute atomic E-state index is 12.1. The van der Waals surface area contributed by atoms with Crippen LogP contribution in [-0.4, -0.2) is 22.8 Å². The molecule has 1 unspecified atom stereocenters. The molecule has 0 bridgehead atoms. The van der Waals surface area contributed by atoms with Gasteiger partial charge in [-0.3, -0.25) is 9.78 Å². The van der Waals surface area contributed by atoms with Crippen molar-refractivity contribution in [2.75, 3.05) is 11.9 Å². The Morgan fingerprint density at radius 2 is 2.14 bits per heavy atom. The number of carbonyl (C=O) groups is 1. The molecule has 1 saturated carbocycles. The largest absolute Gasteiger partial charge is 0.337 e. The zero-order valence-corrected chi connectivity index (χ0v) is 12.9. The molecule has 3 rings (SSSR count). The smallest absolute Gasteiger partial charge is 0.142 e. The Balaban J connectivity index is 1.87. The normalized spacial score (nSPS) is 18.7. The highest BCUT2D eigenvalue weighted by atomic mass is 32.1. The molecule has 0 spiro atoms. The Kier molecular flexibility index (Phi) is 3.97. The van der Waals surface area contributed by atoms with Gasteiger partial charge >= 0.3 is 0 Å². The highest BCUT2D eigenvalue weighted by Crippen LogP contribution is 2.26. The number of nitrogens with zero attached hydrogens (tertiary/aromatic N) is 2. The lowest BCUT2D eigenvalue weighted by Crippen LogP contribution is -2.37. The minimum absolute atomic E-state index is 0.106. The van der Waals surface area contributed by atoms with Crippen LogP contribution < -0.4 is 4.90 Å². The van der Waals surface area contributed by atoms with E-state index in [0.29, 0.717) is 6.42 Å². The molecule has 1 aromatic carbocycles. The fraction of sp³-hybridized carbons (Fsp3) is 0.353. The van der Waals surface area contributed by atoms with Crippen molar-refractivity contribution in [1.82, 2.24) is 4.98 Å². The summed E-state index contributed by atoms with van der Waals surface area (Å²) in [6.07, 6.45) is 5.44. The number of hydrogen-bond donors (Lipinski definition) is 0. The van der Waals surface area contributed by atoms with Crippen LogP contribution in [0.1, 0.15) is 25.7 Å². The fourth-order valence-electron chi connectivity index (χ4n) is 2.85. The summed E-state index contributed by atoms with van der Waals surface area (Å²) in [6.45, 7) is 0. The van der Waals surface area contributed by atoms with Crippen LogP contribution in [0.5, 0.6) is 0 Å². The molecule has 0 aliphatic heterocycles. The minimum atomic E-state index is -0.106. The highest BCUT2D eigenvalue weighted by molar-refractivity contribution is 7.80. The van der Waals surface area contributed by atoms with E-state index in [-0.39, 0.29) is 11.7 Å². The van der Waals surface area contributed by atoms with Gasteiger partial charge < -0.3 is 4.90 Å².